The summed E-state index contributed by atoms with van der Waals surface area (Å²) in [5.74, 6) is -3.32. The Morgan fingerprint density at radius 3 is 1.67 bits per heavy atom. The van der Waals surface area contributed by atoms with Crippen LogP contribution in [0, 0.1) is 0 Å². The zero-order valence-corrected chi connectivity index (χ0v) is 9.15. The number of rotatable bonds is 5. The van der Waals surface area contributed by atoms with Crippen LogP contribution in [0.5, 0.6) is 0 Å². The number of carboxylic acid groups (broad SMARTS) is 2. The lowest BCUT2D eigenvalue weighted by molar-refractivity contribution is -0.159. The maximum atomic E-state index is 10.4. The minimum absolute atomic E-state index is 0.325. The molecule has 88 valence electrons. The van der Waals surface area contributed by atoms with Crippen molar-refractivity contribution in [3.8, 4) is 0 Å². The van der Waals surface area contributed by atoms with Crippen molar-refractivity contribution in [1.29, 1.82) is 0 Å². The SMILES string of the molecule is CCCCCCC(C)=O.O=C(O)C(=O)O. The van der Waals surface area contributed by atoms with E-state index in [0.29, 0.717) is 5.78 Å². The van der Waals surface area contributed by atoms with Crippen LogP contribution >= 0.6 is 0 Å². The highest BCUT2D eigenvalue weighted by molar-refractivity contribution is 6.27. The monoisotopic (exact) mass is 218 g/mol. The Kier molecular flexibility index (Phi) is 11.4. The summed E-state index contributed by atoms with van der Waals surface area (Å²) in [6.45, 7) is 3.83. The van der Waals surface area contributed by atoms with Gasteiger partial charge in [-0.2, -0.15) is 0 Å². The van der Waals surface area contributed by atoms with E-state index in [-0.39, 0.29) is 0 Å². The summed E-state index contributed by atoms with van der Waals surface area (Å²) >= 11 is 0. The molecule has 0 aromatic carbocycles. The molecule has 0 aliphatic carbocycles. The van der Waals surface area contributed by atoms with E-state index in [1.165, 1.54) is 19.3 Å². The van der Waals surface area contributed by atoms with Gasteiger partial charge in [-0.3, -0.25) is 0 Å². The second-order valence-corrected chi connectivity index (χ2v) is 3.12. The lowest BCUT2D eigenvalue weighted by atomic mass is 10.1. The van der Waals surface area contributed by atoms with Gasteiger partial charge in [-0.1, -0.05) is 26.2 Å². The molecule has 15 heavy (non-hydrogen) atoms. The first-order valence-electron chi connectivity index (χ1n) is 4.87. The third-order valence-corrected chi connectivity index (χ3v) is 1.57. The molecular weight excluding hydrogens is 200 g/mol. The number of unbranched alkanes of at least 4 members (excludes halogenated alkanes) is 3. The fourth-order valence-corrected chi connectivity index (χ4v) is 0.801. The highest BCUT2D eigenvalue weighted by Crippen LogP contribution is 2.01. The van der Waals surface area contributed by atoms with Gasteiger partial charge in [0.2, 0.25) is 0 Å². The van der Waals surface area contributed by atoms with E-state index in [1.54, 1.807) is 6.92 Å². The van der Waals surface area contributed by atoms with Crippen LogP contribution in [0.15, 0.2) is 0 Å². The number of hydrogen-bond acceptors (Lipinski definition) is 3. The van der Waals surface area contributed by atoms with E-state index in [0.717, 1.165) is 12.8 Å². The van der Waals surface area contributed by atoms with Crippen molar-refractivity contribution < 1.29 is 24.6 Å². The Bertz CT molecular complexity index is 198. The molecule has 0 aromatic heterocycles. The number of Topliss-reactive ketones (excluding diaryl/α,β-unsaturated/α-hetero) is 1. The van der Waals surface area contributed by atoms with Gasteiger partial charge in [0, 0.05) is 6.42 Å². The molecule has 5 heteroatoms. The van der Waals surface area contributed by atoms with Crippen molar-refractivity contribution in [2.24, 2.45) is 0 Å². The van der Waals surface area contributed by atoms with Gasteiger partial charge in [0.05, 0.1) is 0 Å². The van der Waals surface area contributed by atoms with Gasteiger partial charge in [0.25, 0.3) is 0 Å². The molecule has 0 radical (unpaired) electrons. The molecule has 0 spiro atoms. The summed E-state index contributed by atoms with van der Waals surface area (Å²) in [4.78, 5) is 28.6. The molecule has 0 heterocycles. The van der Waals surface area contributed by atoms with Crippen LogP contribution in [0.3, 0.4) is 0 Å². The molecule has 5 nitrogen and oxygen atoms in total. The minimum Gasteiger partial charge on any atom is -0.473 e. The van der Waals surface area contributed by atoms with E-state index in [9.17, 15) is 4.79 Å². The fourth-order valence-electron chi connectivity index (χ4n) is 0.801. The zero-order valence-electron chi connectivity index (χ0n) is 9.15. The highest BCUT2D eigenvalue weighted by atomic mass is 16.4. The molecule has 0 aliphatic heterocycles. The molecule has 0 amide bonds. The van der Waals surface area contributed by atoms with Crippen LogP contribution in [-0.4, -0.2) is 27.9 Å². The average Bonchev–Trinajstić information content (AvgIpc) is 2.13. The molecule has 0 rings (SSSR count). The summed E-state index contributed by atoms with van der Waals surface area (Å²) < 4.78 is 0. The Balaban J connectivity index is 0. The topological polar surface area (TPSA) is 91.7 Å². The van der Waals surface area contributed by atoms with Crippen molar-refractivity contribution in [2.75, 3.05) is 0 Å². The van der Waals surface area contributed by atoms with E-state index >= 15 is 0 Å². The molecule has 0 bridgehead atoms. The van der Waals surface area contributed by atoms with E-state index in [1.807, 2.05) is 0 Å². The average molecular weight is 218 g/mol. The summed E-state index contributed by atoms with van der Waals surface area (Å²) in [5.41, 5.74) is 0. The first-order chi connectivity index (χ1) is 6.91. The predicted molar refractivity (Wildman–Crippen MR) is 54.7 cm³/mol. The number of hydrogen-bond donors (Lipinski definition) is 2. The maximum Gasteiger partial charge on any atom is 0.414 e. The molecule has 0 saturated carbocycles. The molecule has 0 aromatic rings. The Labute approximate surface area is 89.1 Å². The van der Waals surface area contributed by atoms with Crippen LogP contribution in [-0.2, 0) is 14.4 Å². The Hall–Kier alpha value is -1.39. The zero-order chi connectivity index (χ0) is 12.3. The smallest absolute Gasteiger partial charge is 0.414 e. The quantitative estimate of drug-likeness (QED) is 0.541. The van der Waals surface area contributed by atoms with Crippen molar-refractivity contribution in [2.45, 2.75) is 46.0 Å². The predicted octanol–water partition coefficient (Wildman–Crippen LogP) is 1.70. The summed E-state index contributed by atoms with van der Waals surface area (Å²) in [6.07, 6.45) is 5.60. The Morgan fingerprint density at radius 1 is 0.933 bits per heavy atom. The largest absolute Gasteiger partial charge is 0.473 e. The van der Waals surface area contributed by atoms with E-state index < -0.39 is 11.9 Å². The maximum absolute atomic E-state index is 10.4. The Morgan fingerprint density at radius 2 is 1.40 bits per heavy atom. The molecular formula is C10H18O5. The lowest BCUT2D eigenvalue weighted by Crippen LogP contribution is -2.09. The second kappa shape index (κ2) is 10.7. The van der Waals surface area contributed by atoms with Crippen LogP contribution in [0.25, 0.3) is 0 Å². The first-order valence-corrected chi connectivity index (χ1v) is 4.87. The fraction of sp³-hybridized carbons (Fsp3) is 0.700. The van der Waals surface area contributed by atoms with Gasteiger partial charge < -0.3 is 15.0 Å². The van der Waals surface area contributed by atoms with Crippen LogP contribution in [0.2, 0.25) is 0 Å². The van der Waals surface area contributed by atoms with E-state index in [4.69, 9.17) is 19.8 Å². The van der Waals surface area contributed by atoms with Crippen molar-refractivity contribution in [3.63, 3.8) is 0 Å². The van der Waals surface area contributed by atoms with E-state index in [2.05, 4.69) is 6.92 Å². The van der Waals surface area contributed by atoms with Crippen molar-refractivity contribution in [1.82, 2.24) is 0 Å². The van der Waals surface area contributed by atoms with Gasteiger partial charge in [-0.15, -0.1) is 0 Å². The third-order valence-electron chi connectivity index (χ3n) is 1.57. The summed E-state index contributed by atoms with van der Waals surface area (Å²) in [7, 11) is 0. The number of carbonyl (C=O) groups excluding carboxylic acids is 1. The van der Waals surface area contributed by atoms with Gasteiger partial charge in [0.1, 0.15) is 5.78 Å². The number of ketones is 1. The van der Waals surface area contributed by atoms with Gasteiger partial charge in [0.15, 0.2) is 0 Å². The number of carbonyl (C=O) groups is 3. The molecule has 0 atom stereocenters. The normalized spacial score (nSPS) is 8.67. The second-order valence-electron chi connectivity index (χ2n) is 3.12. The third kappa shape index (κ3) is 19.1. The first kappa shape index (κ1) is 16.1. The molecule has 0 aliphatic rings. The standard InChI is InChI=1S/C8H16O.C2H2O4/c1-3-4-5-6-7-8(2)9;3-1(4)2(5)6/h3-7H2,1-2H3;(H,3,4)(H,5,6). The van der Waals surface area contributed by atoms with Crippen molar-refractivity contribution >= 4 is 17.7 Å². The van der Waals surface area contributed by atoms with Crippen LogP contribution in [0.1, 0.15) is 46.0 Å². The van der Waals surface area contributed by atoms with Crippen LogP contribution < -0.4 is 0 Å². The van der Waals surface area contributed by atoms with Crippen molar-refractivity contribution in [3.05, 3.63) is 0 Å². The lowest BCUT2D eigenvalue weighted by Gasteiger charge is -1.93. The molecule has 2 N–H and O–H groups in total. The summed E-state index contributed by atoms with van der Waals surface area (Å²) in [6, 6.07) is 0. The van der Waals surface area contributed by atoms with Gasteiger partial charge >= 0.3 is 11.9 Å². The van der Waals surface area contributed by atoms with Gasteiger partial charge in [-0.05, 0) is 13.3 Å². The highest BCUT2D eigenvalue weighted by Gasteiger charge is 2.04. The molecule has 0 unspecified atom stereocenters. The molecule has 0 saturated heterocycles. The number of aliphatic carboxylic acids is 2. The minimum atomic E-state index is -1.82. The van der Waals surface area contributed by atoms with Crippen LogP contribution in [0.4, 0.5) is 0 Å². The number of carboxylic acids is 2. The summed E-state index contributed by atoms with van der Waals surface area (Å²) in [5, 5.41) is 14.8. The molecule has 0 fully saturated rings. The van der Waals surface area contributed by atoms with Gasteiger partial charge in [-0.25, -0.2) is 9.59 Å².